The van der Waals surface area contributed by atoms with E-state index < -0.39 is 11.4 Å². The summed E-state index contributed by atoms with van der Waals surface area (Å²) in [7, 11) is 1.60. The van der Waals surface area contributed by atoms with E-state index in [0.29, 0.717) is 48.8 Å². The monoisotopic (exact) mass is 661 g/mol. The third-order valence-corrected chi connectivity index (χ3v) is 10.1. The molecule has 2 bridgehead atoms. The fourth-order valence-electron chi connectivity index (χ4n) is 7.65. The van der Waals surface area contributed by atoms with Crippen molar-refractivity contribution in [3.63, 3.8) is 0 Å². The summed E-state index contributed by atoms with van der Waals surface area (Å²) in [6.07, 6.45) is 6.44. The molecule has 6 heterocycles. The van der Waals surface area contributed by atoms with E-state index in [-0.39, 0.29) is 37.0 Å². The van der Waals surface area contributed by atoms with Crippen LogP contribution in [0.1, 0.15) is 12.8 Å². The second kappa shape index (κ2) is 12.6. The minimum atomic E-state index is -0.804. The quantitative estimate of drug-likeness (QED) is 0.225. The van der Waals surface area contributed by atoms with Crippen LogP contribution in [0.15, 0.2) is 79.3 Å². The number of methoxy groups -OCH3 is 1. The summed E-state index contributed by atoms with van der Waals surface area (Å²) in [6.45, 7) is 3.04. The molecule has 0 saturated carbocycles. The van der Waals surface area contributed by atoms with Crippen molar-refractivity contribution in [3.8, 4) is 22.6 Å². The lowest BCUT2D eigenvalue weighted by Gasteiger charge is -2.36. The van der Waals surface area contributed by atoms with Gasteiger partial charge in [0.15, 0.2) is 5.82 Å². The molecule has 0 spiro atoms. The lowest BCUT2D eigenvalue weighted by molar-refractivity contribution is -0.134. The van der Waals surface area contributed by atoms with Gasteiger partial charge < -0.3 is 19.9 Å². The molecule has 2 N–H and O–H groups in total. The van der Waals surface area contributed by atoms with Crippen molar-refractivity contribution in [1.82, 2.24) is 34.9 Å². The van der Waals surface area contributed by atoms with Gasteiger partial charge in [-0.3, -0.25) is 19.6 Å². The molecule has 3 aliphatic rings. The van der Waals surface area contributed by atoms with Crippen molar-refractivity contribution >= 4 is 34.1 Å². The Labute approximate surface area is 282 Å². The number of nitrogens with zero attached hydrogens (tertiary/aromatic N) is 7. The zero-order chi connectivity index (χ0) is 33.5. The SMILES string of the molecule is COCC1(C(=O)Nc2ccc3[nH]nc(-c4ccc(F)nc4)c3c2)CCN(CC(=O)N2CC3CC2CN3c2ccc(-c3ncccn3)cc2)C1. The van der Waals surface area contributed by atoms with Crippen molar-refractivity contribution in [1.29, 1.82) is 0 Å². The van der Waals surface area contributed by atoms with Crippen molar-refractivity contribution in [2.24, 2.45) is 5.41 Å². The number of piperazine rings is 1. The van der Waals surface area contributed by atoms with Crippen LogP contribution in [0.5, 0.6) is 0 Å². The molecule has 3 aromatic heterocycles. The lowest BCUT2D eigenvalue weighted by Crippen LogP contribution is -2.51. The van der Waals surface area contributed by atoms with Gasteiger partial charge in [0, 0.05) is 79.3 Å². The number of halogens is 1. The lowest BCUT2D eigenvalue weighted by atomic mass is 9.87. The number of fused-ring (bicyclic) bond motifs is 3. The van der Waals surface area contributed by atoms with Crippen LogP contribution in [-0.2, 0) is 14.3 Å². The van der Waals surface area contributed by atoms with Crippen LogP contribution in [-0.4, -0.2) is 105 Å². The molecule has 12 nitrogen and oxygen atoms in total. The van der Waals surface area contributed by atoms with Gasteiger partial charge in [0.25, 0.3) is 0 Å². The van der Waals surface area contributed by atoms with Gasteiger partial charge in [0.1, 0.15) is 5.69 Å². The van der Waals surface area contributed by atoms with Crippen LogP contribution >= 0.6 is 0 Å². The first-order valence-corrected chi connectivity index (χ1v) is 16.5. The number of amides is 2. The van der Waals surface area contributed by atoms with E-state index in [1.807, 2.05) is 35.2 Å². The van der Waals surface area contributed by atoms with Gasteiger partial charge in [-0.2, -0.15) is 9.49 Å². The number of aromatic nitrogens is 5. The Kier molecular flexibility index (Phi) is 8.00. The van der Waals surface area contributed by atoms with Crippen LogP contribution in [0, 0.1) is 11.4 Å². The highest BCUT2D eigenvalue weighted by molar-refractivity contribution is 6.00. The number of nitrogens with one attached hydrogen (secondary N) is 2. The maximum absolute atomic E-state index is 13.9. The number of hydrogen-bond acceptors (Lipinski definition) is 9. The molecule has 3 atom stereocenters. The molecule has 3 saturated heterocycles. The molecular weight excluding hydrogens is 625 g/mol. The molecule has 0 radical (unpaired) electrons. The summed E-state index contributed by atoms with van der Waals surface area (Å²) in [5, 5.41) is 11.2. The number of ether oxygens (including phenoxy) is 1. The Bertz CT molecular complexity index is 1990. The number of rotatable bonds is 9. The van der Waals surface area contributed by atoms with Gasteiger partial charge in [0.05, 0.1) is 30.1 Å². The van der Waals surface area contributed by atoms with Crippen LogP contribution in [0.25, 0.3) is 33.5 Å². The Morgan fingerprint density at radius 3 is 2.57 bits per heavy atom. The maximum Gasteiger partial charge on any atom is 0.237 e. The Morgan fingerprint density at radius 2 is 1.84 bits per heavy atom. The number of carbonyl (C=O) groups is 2. The first-order valence-electron chi connectivity index (χ1n) is 16.5. The molecule has 5 aromatic rings. The van der Waals surface area contributed by atoms with Crippen LogP contribution < -0.4 is 10.2 Å². The Morgan fingerprint density at radius 1 is 1.02 bits per heavy atom. The van der Waals surface area contributed by atoms with Gasteiger partial charge in [-0.05, 0) is 80.1 Å². The molecule has 8 rings (SSSR count). The highest BCUT2D eigenvalue weighted by Crippen LogP contribution is 2.37. The highest BCUT2D eigenvalue weighted by Gasteiger charge is 2.48. The maximum atomic E-state index is 13.9. The minimum absolute atomic E-state index is 0.102. The summed E-state index contributed by atoms with van der Waals surface area (Å²) in [4.78, 5) is 46.4. The predicted octanol–water partition coefficient (Wildman–Crippen LogP) is 3.99. The molecule has 3 fully saturated rings. The van der Waals surface area contributed by atoms with Gasteiger partial charge in [-0.15, -0.1) is 0 Å². The largest absolute Gasteiger partial charge is 0.384 e. The van der Waals surface area contributed by atoms with E-state index in [2.05, 4.69) is 52.4 Å². The Hall–Kier alpha value is -5.27. The number of aromatic amines is 1. The number of hydrogen-bond donors (Lipinski definition) is 2. The van der Waals surface area contributed by atoms with Gasteiger partial charge >= 0.3 is 0 Å². The van der Waals surface area contributed by atoms with Gasteiger partial charge in [-0.25, -0.2) is 15.0 Å². The Balaban J connectivity index is 0.896. The minimum Gasteiger partial charge on any atom is -0.384 e. The van der Waals surface area contributed by atoms with E-state index in [9.17, 15) is 14.0 Å². The normalized spacial score (nSPS) is 21.9. The summed E-state index contributed by atoms with van der Waals surface area (Å²) in [6, 6.07) is 19.0. The fraction of sp³-hybridized carbons (Fsp3) is 0.333. The predicted molar refractivity (Wildman–Crippen MR) is 182 cm³/mol. The second-order valence-electron chi connectivity index (χ2n) is 13.2. The molecule has 49 heavy (non-hydrogen) atoms. The number of anilines is 2. The standard InChI is InChI=1S/C36H36FN9O3/c1-49-22-36(35(48)41-25-6-9-30-29(15-25)33(43-42-30)24-5-10-31(37)40-17-24)11-14-44(21-36)20-32(47)46-19-27-16-28(46)18-45(27)26-7-3-23(4-8-26)34-38-12-2-13-39-34/h2-10,12-13,15,17,27-28H,11,14,16,18-22H2,1H3,(H,41,48)(H,42,43). The van der Waals surface area contributed by atoms with E-state index in [1.165, 1.54) is 12.3 Å². The van der Waals surface area contributed by atoms with Crippen molar-refractivity contribution in [2.75, 3.05) is 56.7 Å². The van der Waals surface area contributed by atoms with E-state index in [4.69, 9.17) is 4.74 Å². The van der Waals surface area contributed by atoms with Gasteiger partial charge in [0.2, 0.25) is 17.8 Å². The summed E-state index contributed by atoms with van der Waals surface area (Å²) in [5.41, 5.74) is 3.99. The summed E-state index contributed by atoms with van der Waals surface area (Å²) in [5.74, 6) is 0.0844. The molecule has 3 unspecified atom stereocenters. The van der Waals surface area contributed by atoms with Crippen LogP contribution in [0.2, 0.25) is 0 Å². The molecule has 250 valence electrons. The van der Waals surface area contributed by atoms with E-state index in [1.54, 1.807) is 31.6 Å². The molecule has 13 heteroatoms. The van der Waals surface area contributed by atoms with Crippen molar-refractivity contribution in [2.45, 2.75) is 24.9 Å². The summed E-state index contributed by atoms with van der Waals surface area (Å²) < 4.78 is 19.0. The van der Waals surface area contributed by atoms with E-state index >= 15 is 0 Å². The first-order chi connectivity index (χ1) is 23.9. The van der Waals surface area contributed by atoms with E-state index in [0.717, 1.165) is 35.1 Å². The average Bonchev–Trinajstić information content (AvgIpc) is 3.93. The van der Waals surface area contributed by atoms with Crippen molar-refractivity contribution in [3.05, 3.63) is 85.2 Å². The smallest absolute Gasteiger partial charge is 0.237 e. The molecule has 2 aromatic carbocycles. The fourth-order valence-corrected chi connectivity index (χ4v) is 7.65. The second-order valence-corrected chi connectivity index (χ2v) is 13.2. The number of benzene rings is 2. The number of carbonyl (C=O) groups excluding carboxylic acids is 2. The average molecular weight is 662 g/mol. The zero-order valence-electron chi connectivity index (χ0n) is 27.1. The number of pyridine rings is 1. The zero-order valence-corrected chi connectivity index (χ0v) is 27.1. The third kappa shape index (κ3) is 5.89. The summed E-state index contributed by atoms with van der Waals surface area (Å²) >= 11 is 0. The third-order valence-electron chi connectivity index (χ3n) is 10.1. The van der Waals surface area contributed by atoms with Gasteiger partial charge in [-0.1, -0.05) is 0 Å². The molecule has 0 aliphatic carbocycles. The molecule has 3 aliphatic heterocycles. The molecular formula is C36H36FN9O3. The number of likely N-dealkylation sites (tertiary alicyclic amines) is 2. The number of H-pyrrole nitrogens is 1. The van der Waals surface area contributed by atoms with Crippen LogP contribution in [0.4, 0.5) is 15.8 Å². The highest BCUT2D eigenvalue weighted by atomic mass is 19.1. The van der Waals surface area contributed by atoms with Crippen LogP contribution in [0.3, 0.4) is 0 Å². The molecule has 2 amide bonds. The topological polar surface area (TPSA) is 132 Å². The first kappa shape index (κ1) is 31.0. The van der Waals surface area contributed by atoms with Crippen molar-refractivity contribution < 1.29 is 18.7 Å².